The van der Waals surface area contributed by atoms with E-state index in [1.165, 1.54) is 12.1 Å². The number of sulfonamides is 1. The molecule has 1 aliphatic rings. The molecular weight excluding hydrogens is 419 g/mol. The Morgan fingerprint density at radius 2 is 1.67 bits per heavy atom. The Labute approximate surface area is 171 Å². The molecule has 0 bridgehead atoms. The van der Waals surface area contributed by atoms with Crippen LogP contribution < -0.4 is 9.04 Å². The number of hydrogen-bond donors (Lipinski definition) is 1. The number of phenolic OH excluding ortho intramolecular Hbond substituents is 1. The smallest absolute Gasteiger partial charge is 0.416 e. The van der Waals surface area contributed by atoms with Crippen molar-refractivity contribution in [3.63, 3.8) is 0 Å². The summed E-state index contributed by atoms with van der Waals surface area (Å²) < 4.78 is 72.2. The Kier molecular flexibility index (Phi) is 4.85. The Hall–Kier alpha value is -3.20. The van der Waals surface area contributed by atoms with Gasteiger partial charge in [-0.3, -0.25) is 4.31 Å². The molecule has 0 spiro atoms. The van der Waals surface area contributed by atoms with Gasteiger partial charge in [-0.25, -0.2) is 8.42 Å². The number of rotatable bonds is 3. The first-order valence-electron chi connectivity index (χ1n) is 8.92. The van der Waals surface area contributed by atoms with Crippen molar-refractivity contribution in [1.29, 1.82) is 0 Å². The number of aromatic hydroxyl groups is 1. The molecule has 0 saturated carbocycles. The van der Waals surface area contributed by atoms with Crippen LogP contribution in [0.2, 0.25) is 0 Å². The third kappa shape index (κ3) is 3.68. The zero-order valence-electron chi connectivity index (χ0n) is 15.4. The monoisotopic (exact) mass is 435 g/mol. The predicted molar refractivity (Wildman–Crippen MR) is 105 cm³/mol. The Morgan fingerprint density at radius 1 is 0.933 bits per heavy atom. The van der Waals surface area contributed by atoms with Crippen LogP contribution in [0.15, 0.2) is 71.6 Å². The van der Waals surface area contributed by atoms with Gasteiger partial charge in [0.05, 0.1) is 22.7 Å². The molecule has 1 heterocycles. The van der Waals surface area contributed by atoms with Crippen molar-refractivity contribution in [3.05, 3.63) is 72.3 Å². The van der Waals surface area contributed by atoms with Gasteiger partial charge in [-0.2, -0.15) is 13.2 Å². The van der Waals surface area contributed by atoms with Crippen molar-refractivity contribution < 1.29 is 31.4 Å². The van der Waals surface area contributed by atoms with Gasteiger partial charge in [0.1, 0.15) is 18.1 Å². The van der Waals surface area contributed by atoms with Crippen molar-refractivity contribution in [3.8, 4) is 22.6 Å². The molecule has 0 fully saturated rings. The first-order valence-corrected chi connectivity index (χ1v) is 10.4. The molecule has 4 rings (SSSR count). The van der Waals surface area contributed by atoms with Gasteiger partial charge in [0.25, 0.3) is 10.0 Å². The fourth-order valence-electron chi connectivity index (χ4n) is 3.27. The van der Waals surface area contributed by atoms with E-state index in [-0.39, 0.29) is 24.6 Å². The molecule has 0 aliphatic carbocycles. The molecule has 3 aromatic rings. The minimum absolute atomic E-state index is 0.0466. The van der Waals surface area contributed by atoms with E-state index in [0.717, 1.165) is 22.5 Å². The van der Waals surface area contributed by atoms with E-state index in [9.17, 15) is 26.7 Å². The second-order valence-corrected chi connectivity index (χ2v) is 8.55. The Balaban J connectivity index is 1.80. The van der Waals surface area contributed by atoms with E-state index in [1.807, 2.05) is 0 Å². The molecule has 3 aromatic carbocycles. The molecule has 0 amide bonds. The molecule has 0 unspecified atom stereocenters. The third-order valence-corrected chi connectivity index (χ3v) is 6.52. The van der Waals surface area contributed by atoms with E-state index >= 15 is 0 Å². The molecule has 0 aromatic heterocycles. The van der Waals surface area contributed by atoms with Crippen molar-refractivity contribution in [1.82, 2.24) is 0 Å². The van der Waals surface area contributed by atoms with E-state index in [4.69, 9.17) is 4.74 Å². The zero-order valence-corrected chi connectivity index (χ0v) is 16.2. The average molecular weight is 435 g/mol. The van der Waals surface area contributed by atoms with Crippen LogP contribution in [-0.4, -0.2) is 26.7 Å². The van der Waals surface area contributed by atoms with Crippen molar-refractivity contribution in [2.24, 2.45) is 0 Å². The van der Waals surface area contributed by atoms with Crippen molar-refractivity contribution in [2.45, 2.75) is 11.1 Å². The highest BCUT2D eigenvalue weighted by atomic mass is 32.2. The average Bonchev–Trinajstić information content (AvgIpc) is 2.72. The second kappa shape index (κ2) is 7.24. The zero-order chi connectivity index (χ0) is 21.5. The molecule has 1 aliphatic heterocycles. The van der Waals surface area contributed by atoms with Gasteiger partial charge >= 0.3 is 6.18 Å². The summed E-state index contributed by atoms with van der Waals surface area (Å²) in [7, 11) is -4.26. The Bertz CT molecular complexity index is 1210. The summed E-state index contributed by atoms with van der Waals surface area (Å²) in [4.78, 5) is -0.451. The number of halogens is 3. The maximum atomic E-state index is 13.2. The van der Waals surface area contributed by atoms with Gasteiger partial charge in [0, 0.05) is 0 Å². The first-order chi connectivity index (χ1) is 14.2. The maximum absolute atomic E-state index is 13.2. The van der Waals surface area contributed by atoms with Crippen LogP contribution in [-0.2, 0) is 16.2 Å². The molecule has 0 radical (unpaired) electrons. The van der Waals surface area contributed by atoms with E-state index < -0.39 is 26.7 Å². The topological polar surface area (TPSA) is 66.8 Å². The van der Waals surface area contributed by atoms with Crippen LogP contribution in [0.4, 0.5) is 18.9 Å². The lowest BCUT2D eigenvalue weighted by molar-refractivity contribution is -0.137. The number of phenols is 1. The summed E-state index contributed by atoms with van der Waals surface area (Å²) in [5, 5.41) is 9.71. The largest absolute Gasteiger partial charge is 0.508 e. The lowest BCUT2D eigenvalue weighted by Crippen LogP contribution is -2.38. The molecule has 30 heavy (non-hydrogen) atoms. The summed E-state index contributed by atoms with van der Waals surface area (Å²) in [5.41, 5.74) is 0.462. The van der Waals surface area contributed by atoms with Gasteiger partial charge in [0.15, 0.2) is 0 Å². The van der Waals surface area contributed by atoms with Crippen molar-refractivity contribution >= 4 is 15.7 Å². The summed E-state index contributed by atoms with van der Waals surface area (Å²) in [6.45, 7) is 0.0196. The first kappa shape index (κ1) is 20.1. The summed E-state index contributed by atoms with van der Waals surface area (Å²) in [5.74, 6) is 0.357. The summed E-state index contributed by atoms with van der Waals surface area (Å²) in [6, 6.07) is 15.0. The lowest BCUT2D eigenvalue weighted by Gasteiger charge is -2.31. The highest BCUT2D eigenvalue weighted by Crippen LogP contribution is 2.39. The number of benzene rings is 3. The number of anilines is 1. The maximum Gasteiger partial charge on any atom is 0.416 e. The fraction of sp³-hybridized carbons (Fsp3) is 0.143. The van der Waals surface area contributed by atoms with Crippen LogP contribution in [0.3, 0.4) is 0 Å². The van der Waals surface area contributed by atoms with Gasteiger partial charge in [-0.15, -0.1) is 0 Å². The summed E-state index contributed by atoms with van der Waals surface area (Å²) in [6.07, 6.45) is -4.66. The number of fused-ring (bicyclic) bond motifs is 1. The quantitative estimate of drug-likeness (QED) is 0.650. The fourth-order valence-corrected chi connectivity index (χ4v) is 4.77. The van der Waals surface area contributed by atoms with Crippen LogP contribution in [0.1, 0.15) is 5.56 Å². The number of ether oxygens (including phenoxy) is 1. The molecule has 0 saturated heterocycles. The summed E-state index contributed by atoms with van der Waals surface area (Å²) >= 11 is 0. The SMILES string of the molecule is O=S(=O)(c1cccc(C(F)(F)F)c1)N1CCOc2ccc(-c3cccc(O)c3)cc21. The second-order valence-electron chi connectivity index (χ2n) is 6.68. The van der Waals surface area contributed by atoms with Gasteiger partial charge in [-0.1, -0.05) is 24.3 Å². The standard InChI is InChI=1S/C21H16F3NO4S/c22-21(23,24)16-4-2-6-18(13-16)30(27,28)25-9-10-29-20-8-7-15(12-19(20)25)14-3-1-5-17(26)11-14/h1-8,11-13,26H,9-10H2. The number of alkyl halides is 3. The predicted octanol–water partition coefficient (Wildman–Crippen LogP) is 4.67. The molecule has 1 N–H and O–H groups in total. The van der Waals surface area contributed by atoms with E-state index in [2.05, 4.69) is 0 Å². The van der Waals surface area contributed by atoms with Gasteiger partial charge < -0.3 is 9.84 Å². The molecular formula is C21H16F3NO4S. The normalized spacial score (nSPS) is 14.2. The number of hydrogen-bond acceptors (Lipinski definition) is 4. The third-order valence-electron chi connectivity index (χ3n) is 4.71. The van der Waals surface area contributed by atoms with E-state index in [0.29, 0.717) is 22.9 Å². The minimum Gasteiger partial charge on any atom is -0.508 e. The van der Waals surface area contributed by atoms with E-state index in [1.54, 1.807) is 30.3 Å². The van der Waals surface area contributed by atoms with Crippen LogP contribution in [0, 0.1) is 0 Å². The molecule has 9 heteroatoms. The van der Waals surface area contributed by atoms with Crippen LogP contribution >= 0.6 is 0 Å². The highest BCUT2D eigenvalue weighted by molar-refractivity contribution is 7.92. The van der Waals surface area contributed by atoms with Crippen LogP contribution in [0.5, 0.6) is 11.5 Å². The van der Waals surface area contributed by atoms with Crippen LogP contribution in [0.25, 0.3) is 11.1 Å². The van der Waals surface area contributed by atoms with Gasteiger partial charge in [0.2, 0.25) is 0 Å². The highest BCUT2D eigenvalue weighted by Gasteiger charge is 2.34. The molecule has 156 valence electrons. The number of nitrogens with zero attached hydrogens (tertiary/aromatic N) is 1. The van der Waals surface area contributed by atoms with Crippen molar-refractivity contribution in [2.75, 3.05) is 17.5 Å². The molecule has 5 nitrogen and oxygen atoms in total. The molecule has 0 atom stereocenters. The minimum atomic E-state index is -4.66. The van der Waals surface area contributed by atoms with Gasteiger partial charge in [-0.05, 0) is 53.6 Å². The Morgan fingerprint density at radius 3 is 2.40 bits per heavy atom. The lowest BCUT2D eigenvalue weighted by atomic mass is 10.0.